The quantitative estimate of drug-likeness (QED) is 0.806. The molecule has 0 aliphatic heterocycles. The first-order valence-electron chi connectivity index (χ1n) is 4.32. The molecule has 0 heterocycles. The van der Waals surface area contributed by atoms with E-state index < -0.39 is 0 Å². The molecule has 0 bridgehead atoms. The van der Waals surface area contributed by atoms with Crippen molar-refractivity contribution in [3.63, 3.8) is 0 Å². The van der Waals surface area contributed by atoms with Crippen molar-refractivity contribution in [2.24, 2.45) is 0 Å². The van der Waals surface area contributed by atoms with Crippen LogP contribution < -0.4 is 10.1 Å². The Labute approximate surface area is 93.1 Å². The van der Waals surface area contributed by atoms with Gasteiger partial charge in [0.1, 0.15) is 5.75 Å². The minimum Gasteiger partial charge on any atom is -0.466 e. The average Bonchev–Trinajstić information content (AvgIpc) is 2.18. The molecule has 0 aromatic heterocycles. The lowest BCUT2D eigenvalue weighted by molar-refractivity contribution is -0.114. The van der Waals surface area contributed by atoms with Gasteiger partial charge in [-0.3, -0.25) is 4.79 Å². The van der Waals surface area contributed by atoms with Crippen LogP contribution in [0.15, 0.2) is 18.2 Å². The number of hydrogen-bond acceptors (Lipinski definition) is 3. The van der Waals surface area contributed by atoms with Gasteiger partial charge < -0.3 is 14.8 Å². The highest BCUT2D eigenvalue weighted by atomic mass is 35.5. The van der Waals surface area contributed by atoms with E-state index in [9.17, 15) is 4.79 Å². The van der Waals surface area contributed by atoms with Crippen LogP contribution >= 0.6 is 11.6 Å². The van der Waals surface area contributed by atoms with E-state index >= 15 is 0 Å². The van der Waals surface area contributed by atoms with Gasteiger partial charge in [0.15, 0.2) is 6.79 Å². The van der Waals surface area contributed by atoms with Crippen molar-refractivity contribution in [2.45, 2.75) is 6.92 Å². The molecule has 82 valence electrons. The van der Waals surface area contributed by atoms with Gasteiger partial charge in [0.25, 0.3) is 0 Å². The van der Waals surface area contributed by atoms with E-state index in [1.165, 1.54) is 14.0 Å². The molecule has 0 fully saturated rings. The Balaban J connectivity index is 2.79. The Morgan fingerprint density at radius 2 is 2.27 bits per heavy atom. The molecule has 0 spiro atoms. The first-order chi connectivity index (χ1) is 7.13. The molecule has 1 rings (SSSR count). The molecule has 0 unspecified atom stereocenters. The lowest BCUT2D eigenvalue weighted by Gasteiger charge is -2.09. The molecule has 0 saturated carbocycles. The summed E-state index contributed by atoms with van der Waals surface area (Å²) < 4.78 is 9.96. The molecule has 0 radical (unpaired) electrons. The molecule has 5 heteroatoms. The van der Waals surface area contributed by atoms with Crippen LogP contribution in [0.1, 0.15) is 6.92 Å². The number of anilines is 1. The zero-order chi connectivity index (χ0) is 11.3. The second kappa shape index (κ2) is 5.58. The van der Waals surface area contributed by atoms with Crippen molar-refractivity contribution in [1.29, 1.82) is 0 Å². The summed E-state index contributed by atoms with van der Waals surface area (Å²) in [6.45, 7) is 1.55. The van der Waals surface area contributed by atoms with Gasteiger partial charge in [-0.15, -0.1) is 0 Å². The fraction of sp³-hybridized carbons (Fsp3) is 0.300. The number of rotatable bonds is 4. The normalized spacial score (nSPS) is 9.80. The second-order valence-corrected chi connectivity index (χ2v) is 3.28. The van der Waals surface area contributed by atoms with Crippen LogP contribution in [0.3, 0.4) is 0 Å². The zero-order valence-corrected chi connectivity index (χ0v) is 9.30. The molecule has 1 aromatic rings. The summed E-state index contributed by atoms with van der Waals surface area (Å²) in [6, 6.07) is 4.99. The van der Waals surface area contributed by atoms with Gasteiger partial charge in [0.05, 0.1) is 5.02 Å². The maximum absolute atomic E-state index is 10.8. The Hall–Kier alpha value is -1.26. The molecule has 1 aromatic carbocycles. The number of nitrogens with one attached hydrogen (secondary N) is 1. The van der Waals surface area contributed by atoms with Gasteiger partial charge in [0.2, 0.25) is 5.91 Å². The Bertz CT molecular complexity index is 355. The number of hydrogen-bond donors (Lipinski definition) is 1. The molecule has 0 aliphatic carbocycles. The van der Waals surface area contributed by atoms with E-state index in [1.54, 1.807) is 18.2 Å². The van der Waals surface area contributed by atoms with Gasteiger partial charge in [-0.2, -0.15) is 0 Å². The highest BCUT2D eigenvalue weighted by Gasteiger charge is 2.03. The SMILES string of the molecule is COCOc1cc(NC(C)=O)ccc1Cl. The Morgan fingerprint density at radius 1 is 1.53 bits per heavy atom. The first kappa shape index (κ1) is 11.8. The Kier molecular flexibility index (Phi) is 4.39. The highest BCUT2D eigenvalue weighted by molar-refractivity contribution is 6.32. The van der Waals surface area contributed by atoms with E-state index in [-0.39, 0.29) is 12.7 Å². The summed E-state index contributed by atoms with van der Waals surface area (Å²) >= 11 is 5.88. The number of carbonyl (C=O) groups is 1. The molecule has 1 amide bonds. The molecular weight excluding hydrogens is 218 g/mol. The van der Waals surface area contributed by atoms with Crippen LogP contribution in [0, 0.1) is 0 Å². The topological polar surface area (TPSA) is 47.6 Å². The summed E-state index contributed by atoms with van der Waals surface area (Å²) in [7, 11) is 1.52. The Morgan fingerprint density at radius 3 is 2.87 bits per heavy atom. The van der Waals surface area contributed by atoms with E-state index in [0.29, 0.717) is 16.5 Å². The maximum atomic E-state index is 10.8. The summed E-state index contributed by atoms with van der Waals surface area (Å²) in [6.07, 6.45) is 0. The van der Waals surface area contributed by atoms with Gasteiger partial charge in [0, 0.05) is 25.8 Å². The minimum atomic E-state index is -0.144. The summed E-state index contributed by atoms with van der Waals surface area (Å²) in [5, 5.41) is 3.10. The lowest BCUT2D eigenvalue weighted by Crippen LogP contribution is -2.06. The fourth-order valence-electron chi connectivity index (χ4n) is 1.02. The molecule has 1 N–H and O–H groups in total. The fourth-order valence-corrected chi connectivity index (χ4v) is 1.19. The van der Waals surface area contributed by atoms with Gasteiger partial charge in [-0.05, 0) is 12.1 Å². The van der Waals surface area contributed by atoms with Crippen LogP contribution in [0.25, 0.3) is 0 Å². The third-order valence-electron chi connectivity index (χ3n) is 1.58. The molecule has 0 atom stereocenters. The maximum Gasteiger partial charge on any atom is 0.221 e. The van der Waals surface area contributed by atoms with Crippen LogP contribution in [0.5, 0.6) is 5.75 Å². The number of halogens is 1. The van der Waals surface area contributed by atoms with Gasteiger partial charge in [-0.1, -0.05) is 11.6 Å². The van der Waals surface area contributed by atoms with Crippen molar-refractivity contribution in [3.8, 4) is 5.75 Å². The molecular formula is C10H12ClNO3. The van der Waals surface area contributed by atoms with Gasteiger partial charge >= 0.3 is 0 Å². The van der Waals surface area contributed by atoms with Crippen LogP contribution in [-0.4, -0.2) is 19.8 Å². The number of methoxy groups -OCH3 is 1. The molecule has 0 saturated heterocycles. The van der Waals surface area contributed by atoms with E-state index in [1.807, 2.05) is 0 Å². The van der Waals surface area contributed by atoms with Crippen LogP contribution in [-0.2, 0) is 9.53 Å². The van der Waals surface area contributed by atoms with Crippen LogP contribution in [0.2, 0.25) is 5.02 Å². The zero-order valence-electron chi connectivity index (χ0n) is 8.54. The smallest absolute Gasteiger partial charge is 0.221 e. The lowest BCUT2D eigenvalue weighted by atomic mass is 10.3. The van der Waals surface area contributed by atoms with E-state index in [0.717, 1.165) is 0 Å². The minimum absolute atomic E-state index is 0.114. The average molecular weight is 230 g/mol. The molecule has 0 aliphatic rings. The van der Waals surface area contributed by atoms with E-state index in [4.69, 9.17) is 21.1 Å². The van der Waals surface area contributed by atoms with E-state index in [2.05, 4.69) is 5.32 Å². The number of ether oxygens (including phenoxy) is 2. The summed E-state index contributed by atoms with van der Waals surface area (Å²) in [5.74, 6) is 0.333. The highest BCUT2D eigenvalue weighted by Crippen LogP contribution is 2.27. The summed E-state index contributed by atoms with van der Waals surface area (Å²) in [5.41, 5.74) is 0.637. The standard InChI is InChI=1S/C10H12ClNO3/c1-7(13)12-8-3-4-9(11)10(5-8)15-6-14-2/h3-5H,6H2,1-2H3,(H,12,13). The number of carbonyl (C=O) groups excluding carboxylic acids is 1. The summed E-state index contributed by atoms with van der Waals surface area (Å²) in [4.78, 5) is 10.8. The molecule has 4 nitrogen and oxygen atoms in total. The van der Waals surface area contributed by atoms with Crippen molar-refractivity contribution in [3.05, 3.63) is 23.2 Å². The van der Waals surface area contributed by atoms with Crippen molar-refractivity contribution >= 4 is 23.2 Å². The largest absolute Gasteiger partial charge is 0.466 e. The number of benzene rings is 1. The van der Waals surface area contributed by atoms with Crippen molar-refractivity contribution in [2.75, 3.05) is 19.2 Å². The van der Waals surface area contributed by atoms with Crippen molar-refractivity contribution in [1.82, 2.24) is 0 Å². The molecule has 15 heavy (non-hydrogen) atoms. The predicted octanol–water partition coefficient (Wildman–Crippen LogP) is 2.28. The third kappa shape index (κ3) is 3.77. The van der Waals surface area contributed by atoms with Gasteiger partial charge in [-0.25, -0.2) is 0 Å². The predicted molar refractivity (Wildman–Crippen MR) is 58.3 cm³/mol. The third-order valence-corrected chi connectivity index (χ3v) is 1.90. The monoisotopic (exact) mass is 229 g/mol. The second-order valence-electron chi connectivity index (χ2n) is 2.88. The number of amides is 1. The first-order valence-corrected chi connectivity index (χ1v) is 4.70. The van der Waals surface area contributed by atoms with Crippen molar-refractivity contribution < 1.29 is 14.3 Å². The van der Waals surface area contributed by atoms with Crippen LogP contribution in [0.4, 0.5) is 5.69 Å².